The highest BCUT2D eigenvalue weighted by Gasteiger charge is 2.22. The van der Waals surface area contributed by atoms with E-state index in [1.54, 1.807) is 25.1 Å². The lowest BCUT2D eigenvalue weighted by molar-refractivity contribution is -0.127. The van der Waals surface area contributed by atoms with Crippen LogP contribution in [0.2, 0.25) is 0 Å². The first kappa shape index (κ1) is 20.0. The smallest absolute Gasteiger partial charge is 0.339 e. The minimum Gasteiger partial charge on any atom is -0.449 e. The highest BCUT2D eigenvalue weighted by molar-refractivity contribution is 6.06. The van der Waals surface area contributed by atoms with Crippen LogP contribution in [-0.4, -0.2) is 35.5 Å². The van der Waals surface area contributed by atoms with E-state index in [9.17, 15) is 14.4 Å². The monoisotopic (exact) mass is 391 g/mol. The number of amides is 3. The number of benzene rings is 2. The van der Waals surface area contributed by atoms with Crippen molar-refractivity contribution in [2.24, 2.45) is 0 Å². The summed E-state index contributed by atoms with van der Waals surface area (Å²) in [6, 6.07) is 17.7. The molecule has 0 saturated heterocycles. The van der Waals surface area contributed by atoms with Crippen molar-refractivity contribution in [3.63, 3.8) is 0 Å². The van der Waals surface area contributed by atoms with Gasteiger partial charge in [-0.3, -0.25) is 10.1 Å². The molecule has 0 spiro atoms. The number of fused-ring (bicyclic) bond motifs is 1. The molecule has 3 rings (SSSR count). The van der Waals surface area contributed by atoms with Gasteiger partial charge in [-0.05, 0) is 26.0 Å². The lowest BCUT2D eigenvalue weighted by atomic mass is 10.0. The number of ether oxygens (including phenoxy) is 1. The van der Waals surface area contributed by atoms with Gasteiger partial charge in [0.05, 0.1) is 16.8 Å². The first-order valence-electron chi connectivity index (χ1n) is 9.24. The van der Waals surface area contributed by atoms with Crippen LogP contribution in [0.15, 0.2) is 60.7 Å². The molecule has 0 radical (unpaired) electrons. The van der Waals surface area contributed by atoms with Crippen LogP contribution >= 0.6 is 0 Å². The van der Waals surface area contributed by atoms with E-state index in [4.69, 9.17) is 4.74 Å². The SMILES string of the molecule is CCNC(=O)NC(=O)C(C)OC(=O)c1cc(-c2ccccc2)nc2ccccc12. The van der Waals surface area contributed by atoms with Gasteiger partial charge >= 0.3 is 12.0 Å². The average molecular weight is 391 g/mol. The van der Waals surface area contributed by atoms with E-state index in [0.29, 0.717) is 28.7 Å². The first-order valence-corrected chi connectivity index (χ1v) is 9.24. The molecular weight excluding hydrogens is 370 g/mol. The van der Waals surface area contributed by atoms with Gasteiger partial charge in [0.15, 0.2) is 6.10 Å². The Kier molecular flexibility index (Phi) is 6.19. The number of rotatable bonds is 5. The van der Waals surface area contributed by atoms with Crippen molar-refractivity contribution in [3.8, 4) is 11.3 Å². The number of carbonyl (C=O) groups excluding carboxylic acids is 3. The fourth-order valence-corrected chi connectivity index (χ4v) is 2.80. The Balaban J connectivity index is 1.89. The van der Waals surface area contributed by atoms with Crippen LogP contribution in [0.5, 0.6) is 0 Å². The molecule has 3 aromatic rings. The Morgan fingerprint density at radius 1 is 1.03 bits per heavy atom. The van der Waals surface area contributed by atoms with E-state index in [1.807, 2.05) is 42.5 Å². The largest absolute Gasteiger partial charge is 0.449 e. The molecule has 1 atom stereocenters. The Hall–Kier alpha value is -3.74. The molecule has 0 fully saturated rings. The fourth-order valence-electron chi connectivity index (χ4n) is 2.80. The summed E-state index contributed by atoms with van der Waals surface area (Å²) in [7, 11) is 0. The van der Waals surface area contributed by atoms with Gasteiger partial charge in [-0.2, -0.15) is 0 Å². The Morgan fingerprint density at radius 3 is 2.45 bits per heavy atom. The highest BCUT2D eigenvalue weighted by Crippen LogP contribution is 2.25. The van der Waals surface area contributed by atoms with E-state index in [1.165, 1.54) is 6.92 Å². The van der Waals surface area contributed by atoms with Crippen molar-refractivity contribution in [2.45, 2.75) is 20.0 Å². The quantitative estimate of drug-likeness (QED) is 0.651. The van der Waals surface area contributed by atoms with Crippen molar-refractivity contribution < 1.29 is 19.1 Å². The maximum absolute atomic E-state index is 12.8. The zero-order chi connectivity index (χ0) is 20.8. The van der Waals surface area contributed by atoms with Gasteiger partial charge in [-0.15, -0.1) is 0 Å². The molecule has 7 nitrogen and oxygen atoms in total. The Labute approximate surface area is 168 Å². The van der Waals surface area contributed by atoms with E-state index in [2.05, 4.69) is 15.6 Å². The third-order valence-electron chi connectivity index (χ3n) is 4.23. The Morgan fingerprint density at radius 2 is 1.72 bits per heavy atom. The molecule has 3 amide bonds. The number of para-hydroxylation sites is 1. The number of hydrogen-bond acceptors (Lipinski definition) is 5. The molecule has 0 bridgehead atoms. The number of nitrogens with one attached hydrogen (secondary N) is 2. The number of hydrogen-bond donors (Lipinski definition) is 2. The molecule has 0 saturated carbocycles. The van der Waals surface area contributed by atoms with Crippen LogP contribution in [0.4, 0.5) is 4.79 Å². The van der Waals surface area contributed by atoms with Crippen molar-refractivity contribution in [3.05, 3.63) is 66.2 Å². The molecular formula is C22H21N3O4. The van der Waals surface area contributed by atoms with Gasteiger partial charge in [-0.1, -0.05) is 48.5 Å². The molecule has 0 aliphatic carbocycles. The van der Waals surface area contributed by atoms with E-state index < -0.39 is 24.0 Å². The van der Waals surface area contributed by atoms with Crippen LogP contribution < -0.4 is 10.6 Å². The number of esters is 1. The Bertz CT molecular complexity index is 1050. The third kappa shape index (κ3) is 4.76. The number of pyridine rings is 1. The summed E-state index contributed by atoms with van der Waals surface area (Å²) in [5.74, 6) is -1.37. The number of nitrogens with zero attached hydrogens (tertiary/aromatic N) is 1. The molecule has 2 N–H and O–H groups in total. The number of urea groups is 1. The molecule has 1 aromatic heterocycles. The van der Waals surface area contributed by atoms with Crippen molar-refractivity contribution >= 4 is 28.8 Å². The van der Waals surface area contributed by atoms with Crippen LogP contribution in [-0.2, 0) is 9.53 Å². The lowest BCUT2D eigenvalue weighted by Gasteiger charge is -2.14. The van der Waals surface area contributed by atoms with Gasteiger partial charge in [0.1, 0.15) is 0 Å². The summed E-state index contributed by atoms with van der Waals surface area (Å²) in [4.78, 5) is 41.0. The predicted molar refractivity (Wildman–Crippen MR) is 109 cm³/mol. The highest BCUT2D eigenvalue weighted by atomic mass is 16.5. The van der Waals surface area contributed by atoms with Crippen LogP contribution in [0.25, 0.3) is 22.2 Å². The van der Waals surface area contributed by atoms with Crippen molar-refractivity contribution in [1.82, 2.24) is 15.6 Å². The normalized spacial score (nSPS) is 11.5. The molecule has 7 heteroatoms. The van der Waals surface area contributed by atoms with Crippen LogP contribution in [0, 0.1) is 0 Å². The zero-order valence-electron chi connectivity index (χ0n) is 16.1. The maximum Gasteiger partial charge on any atom is 0.339 e. The van der Waals surface area contributed by atoms with Gasteiger partial charge in [-0.25, -0.2) is 14.6 Å². The summed E-state index contributed by atoms with van der Waals surface area (Å²) in [6.45, 7) is 3.51. The second-order valence-corrected chi connectivity index (χ2v) is 6.33. The van der Waals surface area contributed by atoms with E-state index in [-0.39, 0.29) is 0 Å². The maximum atomic E-state index is 12.8. The molecule has 29 heavy (non-hydrogen) atoms. The molecule has 148 valence electrons. The zero-order valence-corrected chi connectivity index (χ0v) is 16.1. The summed E-state index contributed by atoms with van der Waals surface area (Å²) in [5, 5.41) is 5.20. The van der Waals surface area contributed by atoms with E-state index in [0.717, 1.165) is 5.56 Å². The van der Waals surface area contributed by atoms with Crippen molar-refractivity contribution in [1.29, 1.82) is 0 Å². The molecule has 0 aliphatic heterocycles. The second-order valence-electron chi connectivity index (χ2n) is 6.33. The van der Waals surface area contributed by atoms with E-state index >= 15 is 0 Å². The van der Waals surface area contributed by atoms with Gasteiger partial charge in [0.2, 0.25) is 0 Å². The molecule has 1 unspecified atom stereocenters. The lowest BCUT2D eigenvalue weighted by Crippen LogP contribution is -2.44. The van der Waals surface area contributed by atoms with Gasteiger partial charge in [0, 0.05) is 17.5 Å². The average Bonchev–Trinajstić information content (AvgIpc) is 2.73. The minimum absolute atomic E-state index is 0.298. The topological polar surface area (TPSA) is 97.4 Å². The fraction of sp³-hybridized carbons (Fsp3) is 0.182. The summed E-state index contributed by atoms with van der Waals surface area (Å²) < 4.78 is 5.32. The number of aromatic nitrogens is 1. The summed E-state index contributed by atoms with van der Waals surface area (Å²) >= 11 is 0. The van der Waals surface area contributed by atoms with Gasteiger partial charge < -0.3 is 10.1 Å². The summed E-state index contributed by atoms with van der Waals surface area (Å²) in [5.41, 5.74) is 2.41. The standard InChI is InChI=1S/C22H21N3O4/c1-3-23-22(28)25-20(26)14(2)29-21(27)17-13-19(15-9-5-4-6-10-15)24-18-12-8-7-11-16(17)18/h4-14H,3H2,1-2H3,(H2,23,25,26,28). The predicted octanol–water partition coefficient (Wildman–Crippen LogP) is 3.29. The number of imide groups is 1. The molecule has 2 aromatic carbocycles. The van der Waals surface area contributed by atoms with Crippen LogP contribution in [0.3, 0.4) is 0 Å². The first-order chi connectivity index (χ1) is 14.0. The minimum atomic E-state index is -1.14. The van der Waals surface area contributed by atoms with Gasteiger partial charge in [0.25, 0.3) is 5.91 Å². The third-order valence-corrected chi connectivity index (χ3v) is 4.23. The van der Waals surface area contributed by atoms with Crippen LogP contribution in [0.1, 0.15) is 24.2 Å². The number of carbonyl (C=O) groups is 3. The second kappa shape index (κ2) is 8.97. The summed E-state index contributed by atoms with van der Waals surface area (Å²) in [6.07, 6.45) is -1.14. The van der Waals surface area contributed by atoms with Crippen molar-refractivity contribution in [2.75, 3.05) is 6.54 Å². The molecule has 0 aliphatic rings. The molecule has 1 heterocycles.